The van der Waals surface area contributed by atoms with Gasteiger partial charge in [0.1, 0.15) is 29.0 Å². The Morgan fingerprint density at radius 2 is 1.85 bits per heavy atom. The maximum Gasteiger partial charge on any atom is 0.433 e. The van der Waals surface area contributed by atoms with Crippen molar-refractivity contribution in [2.75, 3.05) is 24.5 Å². The zero-order valence-electron chi connectivity index (χ0n) is 14.2. The predicted molar refractivity (Wildman–Crippen MR) is 85.8 cm³/mol. The zero-order valence-corrected chi connectivity index (χ0v) is 14.2. The molecule has 1 aromatic carbocycles. The number of aryl methyl sites for hydroxylation is 1. The molecule has 1 saturated heterocycles. The smallest absolute Gasteiger partial charge is 0.345 e. The van der Waals surface area contributed by atoms with Gasteiger partial charge in [0.05, 0.1) is 6.54 Å². The van der Waals surface area contributed by atoms with Crippen molar-refractivity contribution in [2.24, 2.45) is 0 Å². The highest BCUT2D eigenvalue weighted by atomic mass is 19.4. The van der Waals surface area contributed by atoms with Crippen LogP contribution in [0.5, 0.6) is 0 Å². The highest BCUT2D eigenvalue weighted by Gasteiger charge is 2.34. The minimum atomic E-state index is -4.62. The summed E-state index contributed by atoms with van der Waals surface area (Å²) >= 11 is 0. The Bertz CT molecular complexity index is 871. The average molecular weight is 386 g/mol. The van der Waals surface area contributed by atoms with E-state index < -0.39 is 29.4 Å². The first-order valence-corrected chi connectivity index (χ1v) is 8.03. The van der Waals surface area contributed by atoms with Gasteiger partial charge in [0.2, 0.25) is 5.91 Å². The van der Waals surface area contributed by atoms with Crippen LogP contribution in [0.1, 0.15) is 17.1 Å². The van der Waals surface area contributed by atoms with Crippen molar-refractivity contribution in [3.05, 3.63) is 53.0 Å². The molecule has 0 radical (unpaired) electrons. The van der Waals surface area contributed by atoms with Gasteiger partial charge in [-0.3, -0.25) is 4.79 Å². The van der Waals surface area contributed by atoms with Gasteiger partial charge in [0.25, 0.3) is 0 Å². The molecule has 0 saturated carbocycles. The van der Waals surface area contributed by atoms with Crippen LogP contribution in [0, 0.1) is 18.6 Å². The van der Waals surface area contributed by atoms with E-state index in [-0.39, 0.29) is 43.4 Å². The van der Waals surface area contributed by atoms with Gasteiger partial charge < -0.3 is 9.80 Å². The molecule has 1 amide bonds. The summed E-state index contributed by atoms with van der Waals surface area (Å²) in [6.07, 6.45) is -4.62. The van der Waals surface area contributed by atoms with Crippen molar-refractivity contribution in [3.8, 4) is 0 Å². The Balaban J connectivity index is 1.73. The maximum atomic E-state index is 13.8. The number of alkyl halides is 3. The van der Waals surface area contributed by atoms with E-state index in [9.17, 15) is 26.7 Å². The molecule has 0 N–H and O–H groups in total. The summed E-state index contributed by atoms with van der Waals surface area (Å²) in [5.74, 6) is -1.91. The molecule has 1 aromatic heterocycles. The van der Waals surface area contributed by atoms with Crippen LogP contribution in [0.3, 0.4) is 0 Å². The topological polar surface area (TPSA) is 49.3 Å². The number of amides is 1. The lowest BCUT2D eigenvalue weighted by Crippen LogP contribution is -2.50. The predicted octanol–water partition coefficient (Wildman–Crippen LogP) is 2.93. The second kappa shape index (κ2) is 7.09. The van der Waals surface area contributed by atoms with Crippen molar-refractivity contribution in [1.29, 1.82) is 0 Å². The van der Waals surface area contributed by atoms with E-state index >= 15 is 0 Å². The minimum Gasteiger partial charge on any atom is -0.345 e. The van der Waals surface area contributed by atoms with Gasteiger partial charge in [-0.05, 0) is 13.0 Å². The van der Waals surface area contributed by atoms with Crippen LogP contribution in [-0.4, -0.2) is 40.4 Å². The number of carbonyl (C=O) groups excluding carboxylic acids is 1. The van der Waals surface area contributed by atoms with E-state index in [1.165, 1.54) is 22.8 Å². The van der Waals surface area contributed by atoms with E-state index in [4.69, 9.17) is 0 Å². The summed E-state index contributed by atoms with van der Waals surface area (Å²) < 4.78 is 65.5. The third-order valence-electron chi connectivity index (χ3n) is 4.13. The van der Waals surface area contributed by atoms with Crippen molar-refractivity contribution in [3.63, 3.8) is 0 Å². The van der Waals surface area contributed by atoms with Gasteiger partial charge >= 0.3 is 6.18 Å². The van der Waals surface area contributed by atoms with Crippen molar-refractivity contribution in [2.45, 2.75) is 19.6 Å². The Labute approximate surface area is 151 Å². The summed E-state index contributed by atoms with van der Waals surface area (Å²) in [5, 5.41) is 0. The number of piperazine rings is 1. The maximum absolute atomic E-state index is 13.8. The summed E-state index contributed by atoms with van der Waals surface area (Å²) in [4.78, 5) is 22.5. The molecule has 0 bridgehead atoms. The highest BCUT2D eigenvalue weighted by Crippen LogP contribution is 2.30. The molecule has 27 heavy (non-hydrogen) atoms. The number of anilines is 1. The number of carbonyl (C=O) groups is 1. The number of rotatable bonds is 3. The molecular formula is C17H15F5N4O. The molecule has 0 spiro atoms. The van der Waals surface area contributed by atoms with Crippen LogP contribution in [0.15, 0.2) is 24.3 Å². The number of hydrogen-bond donors (Lipinski definition) is 0. The Hall–Kier alpha value is -2.78. The van der Waals surface area contributed by atoms with E-state index in [0.29, 0.717) is 0 Å². The van der Waals surface area contributed by atoms with E-state index in [0.717, 1.165) is 18.2 Å². The standard InChI is InChI=1S/C17H15F5N4O/c1-10-23-14(17(20,21)22)7-15(24-10)25-4-5-26(16(27)9-25)8-11-2-3-12(18)6-13(11)19/h2-3,6-7H,4-5,8-9H2,1H3. The summed E-state index contributed by atoms with van der Waals surface area (Å²) in [7, 11) is 0. The molecule has 2 heterocycles. The molecule has 10 heteroatoms. The highest BCUT2D eigenvalue weighted by molar-refractivity contribution is 5.82. The monoisotopic (exact) mass is 386 g/mol. The second-order valence-corrected chi connectivity index (χ2v) is 6.13. The molecule has 2 aromatic rings. The van der Waals surface area contributed by atoms with Crippen LogP contribution in [0.4, 0.5) is 27.8 Å². The quantitative estimate of drug-likeness (QED) is 0.762. The normalized spacial score (nSPS) is 15.4. The van der Waals surface area contributed by atoms with Crippen LogP contribution in [0.2, 0.25) is 0 Å². The lowest BCUT2D eigenvalue weighted by atomic mass is 10.1. The molecule has 0 unspecified atom stereocenters. The number of hydrogen-bond acceptors (Lipinski definition) is 4. The summed E-state index contributed by atoms with van der Waals surface area (Å²) in [6, 6.07) is 3.89. The van der Waals surface area contributed by atoms with Crippen molar-refractivity contribution < 1.29 is 26.7 Å². The first-order chi connectivity index (χ1) is 12.6. The third kappa shape index (κ3) is 4.32. The van der Waals surface area contributed by atoms with Gasteiger partial charge in [-0.25, -0.2) is 18.7 Å². The molecule has 1 aliphatic rings. The second-order valence-electron chi connectivity index (χ2n) is 6.13. The van der Waals surface area contributed by atoms with Gasteiger partial charge in [-0.15, -0.1) is 0 Å². The number of aromatic nitrogens is 2. The Morgan fingerprint density at radius 3 is 2.48 bits per heavy atom. The van der Waals surface area contributed by atoms with Crippen LogP contribution < -0.4 is 4.90 Å². The van der Waals surface area contributed by atoms with E-state index in [1.54, 1.807) is 0 Å². The SMILES string of the molecule is Cc1nc(N2CCN(Cc3ccc(F)cc3F)C(=O)C2)cc(C(F)(F)F)n1. The van der Waals surface area contributed by atoms with Crippen LogP contribution in [0.25, 0.3) is 0 Å². The molecular weight excluding hydrogens is 371 g/mol. The largest absolute Gasteiger partial charge is 0.433 e. The fourth-order valence-corrected chi connectivity index (χ4v) is 2.79. The average Bonchev–Trinajstić information content (AvgIpc) is 2.57. The molecule has 0 atom stereocenters. The summed E-state index contributed by atoms with van der Waals surface area (Å²) in [6.45, 7) is 1.49. The number of nitrogens with zero attached hydrogens (tertiary/aromatic N) is 4. The van der Waals surface area contributed by atoms with E-state index in [1.807, 2.05) is 0 Å². The van der Waals surface area contributed by atoms with Crippen LogP contribution in [-0.2, 0) is 17.5 Å². The molecule has 1 aliphatic heterocycles. The molecule has 3 rings (SSSR count). The Morgan fingerprint density at radius 1 is 1.11 bits per heavy atom. The fourth-order valence-electron chi connectivity index (χ4n) is 2.79. The van der Waals surface area contributed by atoms with Crippen molar-refractivity contribution in [1.82, 2.24) is 14.9 Å². The van der Waals surface area contributed by atoms with Gasteiger partial charge in [0.15, 0.2) is 0 Å². The number of halogens is 5. The van der Waals surface area contributed by atoms with E-state index in [2.05, 4.69) is 9.97 Å². The Kier molecular flexibility index (Phi) is 4.99. The zero-order chi connectivity index (χ0) is 19.8. The molecule has 5 nitrogen and oxygen atoms in total. The lowest BCUT2D eigenvalue weighted by molar-refractivity contribution is -0.141. The van der Waals surface area contributed by atoms with Crippen LogP contribution >= 0.6 is 0 Å². The number of benzene rings is 1. The molecule has 1 fully saturated rings. The third-order valence-corrected chi connectivity index (χ3v) is 4.13. The molecule has 144 valence electrons. The van der Waals surface area contributed by atoms with Gasteiger partial charge in [-0.2, -0.15) is 13.2 Å². The first-order valence-electron chi connectivity index (χ1n) is 8.03. The summed E-state index contributed by atoms with van der Waals surface area (Å²) in [5.41, 5.74) is -0.913. The fraction of sp³-hybridized carbons (Fsp3) is 0.353. The first kappa shape index (κ1) is 19.0. The lowest BCUT2D eigenvalue weighted by Gasteiger charge is -2.35. The molecule has 0 aliphatic carbocycles. The van der Waals surface area contributed by atoms with Gasteiger partial charge in [-0.1, -0.05) is 6.07 Å². The minimum absolute atomic E-state index is 0.00999. The van der Waals surface area contributed by atoms with Gasteiger partial charge in [0, 0.05) is 37.3 Å². The van der Waals surface area contributed by atoms with Crippen molar-refractivity contribution >= 4 is 11.7 Å².